The van der Waals surface area contributed by atoms with Gasteiger partial charge in [-0.2, -0.15) is 5.26 Å². The average molecular weight is 230 g/mol. The molecule has 1 aromatic heterocycles. The van der Waals surface area contributed by atoms with Crippen molar-refractivity contribution in [3.05, 3.63) is 23.9 Å². The van der Waals surface area contributed by atoms with Crippen molar-refractivity contribution in [2.45, 2.75) is 19.3 Å². The van der Waals surface area contributed by atoms with Crippen LogP contribution >= 0.6 is 0 Å². The van der Waals surface area contributed by atoms with Crippen LogP contribution in [0.4, 0.5) is 5.82 Å². The number of piperidine rings is 1. The molecular weight excluding hydrogens is 212 g/mol. The van der Waals surface area contributed by atoms with Crippen LogP contribution in [-0.4, -0.2) is 24.6 Å². The summed E-state index contributed by atoms with van der Waals surface area (Å²) >= 11 is 0. The second-order valence-corrected chi connectivity index (χ2v) is 4.47. The Bertz CT molecular complexity index is 391. The molecule has 17 heavy (non-hydrogen) atoms. The fourth-order valence-electron chi connectivity index (χ4n) is 2.17. The minimum absolute atomic E-state index is 0.654. The van der Waals surface area contributed by atoms with E-state index < -0.39 is 0 Å². The summed E-state index contributed by atoms with van der Waals surface area (Å²) in [6, 6.07) is 5.63. The number of hydrogen-bond acceptors (Lipinski definition) is 4. The third-order valence-corrected chi connectivity index (χ3v) is 3.15. The first-order valence-corrected chi connectivity index (χ1v) is 6.19. The summed E-state index contributed by atoms with van der Waals surface area (Å²) in [5, 5.41) is 15.5. The Balaban J connectivity index is 1.75. The van der Waals surface area contributed by atoms with E-state index in [0.29, 0.717) is 5.56 Å². The van der Waals surface area contributed by atoms with Gasteiger partial charge in [-0.3, -0.25) is 0 Å². The molecule has 1 atom stereocenters. The molecular formula is C13H18N4. The van der Waals surface area contributed by atoms with E-state index in [-0.39, 0.29) is 0 Å². The maximum absolute atomic E-state index is 8.78. The van der Waals surface area contributed by atoms with Crippen LogP contribution < -0.4 is 10.6 Å². The molecule has 1 fully saturated rings. The zero-order valence-corrected chi connectivity index (χ0v) is 9.95. The molecule has 1 aliphatic heterocycles. The third-order valence-electron chi connectivity index (χ3n) is 3.15. The fraction of sp³-hybridized carbons (Fsp3) is 0.538. The summed E-state index contributed by atoms with van der Waals surface area (Å²) in [6.07, 6.45) is 5.43. The van der Waals surface area contributed by atoms with Gasteiger partial charge in [0.25, 0.3) is 0 Å². The molecule has 2 N–H and O–H groups in total. The van der Waals surface area contributed by atoms with Crippen LogP contribution in [0, 0.1) is 17.2 Å². The first-order chi connectivity index (χ1) is 8.38. The third kappa shape index (κ3) is 3.72. The Morgan fingerprint density at radius 1 is 1.59 bits per heavy atom. The average Bonchev–Trinajstić information content (AvgIpc) is 2.40. The topological polar surface area (TPSA) is 60.7 Å². The lowest BCUT2D eigenvalue weighted by Crippen LogP contribution is -2.30. The Hall–Kier alpha value is -1.60. The normalized spacial score (nSPS) is 19.6. The maximum atomic E-state index is 8.78. The standard InChI is InChI=1S/C13H18N4/c14-9-12-4-7-17-13(8-12)16-6-3-11-2-1-5-15-10-11/h4,7-8,11,15H,1-3,5-6,10H2,(H,16,17). The molecule has 0 aliphatic carbocycles. The molecule has 1 unspecified atom stereocenters. The highest BCUT2D eigenvalue weighted by Gasteiger charge is 2.11. The predicted molar refractivity (Wildman–Crippen MR) is 67.7 cm³/mol. The number of pyridine rings is 1. The highest BCUT2D eigenvalue weighted by molar-refractivity contribution is 5.42. The highest BCUT2D eigenvalue weighted by Crippen LogP contribution is 2.14. The van der Waals surface area contributed by atoms with Crippen molar-refractivity contribution in [2.24, 2.45) is 5.92 Å². The smallest absolute Gasteiger partial charge is 0.127 e. The van der Waals surface area contributed by atoms with Gasteiger partial charge in [0, 0.05) is 12.7 Å². The summed E-state index contributed by atoms with van der Waals surface area (Å²) in [5.41, 5.74) is 0.654. The van der Waals surface area contributed by atoms with Crippen LogP contribution in [0.1, 0.15) is 24.8 Å². The van der Waals surface area contributed by atoms with Gasteiger partial charge in [0.2, 0.25) is 0 Å². The minimum Gasteiger partial charge on any atom is -0.370 e. The van der Waals surface area contributed by atoms with Gasteiger partial charge in [-0.15, -0.1) is 0 Å². The molecule has 4 nitrogen and oxygen atoms in total. The maximum Gasteiger partial charge on any atom is 0.127 e. The number of nitrogens with zero attached hydrogens (tertiary/aromatic N) is 2. The molecule has 2 rings (SSSR count). The van der Waals surface area contributed by atoms with Gasteiger partial charge in [-0.25, -0.2) is 4.98 Å². The Kier molecular flexibility index (Phi) is 4.34. The van der Waals surface area contributed by atoms with E-state index in [4.69, 9.17) is 5.26 Å². The molecule has 4 heteroatoms. The lowest BCUT2D eigenvalue weighted by atomic mass is 9.96. The fourth-order valence-corrected chi connectivity index (χ4v) is 2.17. The van der Waals surface area contributed by atoms with E-state index in [1.807, 2.05) is 0 Å². The van der Waals surface area contributed by atoms with Crippen molar-refractivity contribution in [1.82, 2.24) is 10.3 Å². The summed E-state index contributed by atoms with van der Waals surface area (Å²) in [6.45, 7) is 3.22. The second kappa shape index (κ2) is 6.21. The van der Waals surface area contributed by atoms with Crippen LogP contribution in [-0.2, 0) is 0 Å². The van der Waals surface area contributed by atoms with Gasteiger partial charge in [0.15, 0.2) is 0 Å². The quantitative estimate of drug-likeness (QED) is 0.827. The summed E-state index contributed by atoms with van der Waals surface area (Å²) in [5.74, 6) is 1.57. The summed E-state index contributed by atoms with van der Waals surface area (Å²) in [7, 11) is 0. The number of nitrogens with one attached hydrogen (secondary N) is 2. The van der Waals surface area contributed by atoms with Gasteiger partial charge in [0.05, 0.1) is 11.6 Å². The van der Waals surface area contributed by atoms with Gasteiger partial charge in [-0.05, 0) is 50.4 Å². The van der Waals surface area contributed by atoms with E-state index >= 15 is 0 Å². The molecule has 1 saturated heterocycles. The number of anilines is 1. The first-order valence-electron chi connectivity index (χ1n) is 6.19. The molecule has 0 bridgehead atoms. The Morgan fingerprint density at radius 2 is 2.53 bits per heavy atom. The van der Waals surface area contributed by atoms with Gasteiger partial charge in [0.1, 0.15) is 5.82 Å². The monoisotopic (exact) mass is 230 g/mol. The molecule has 2 heterocycles. The van der Waals surface area contributed by atoms with Crippen molar-refractivity contribution >= 4 is 5.82 Å². The van der Waals surface area contributed by atoms with Crippen LogP contribution in [0.2, 0.25) is 0 Å². The van der Waals surface area contributed by atoms with Crippen molar-refractivity contribution in [2.75, 3.05) is 25.0 Å². The van der Waals surface area contributed by atoms with E-state index in [1.54, 1.807) is 18.3 Å². The molecule has 0 spiro atoms. The van der Waals surface area contributed by atoms with E-state index in [9.17, 15) is 0 Å². The van der Waals surface area contributed by atoms with Gasteiger partial charge < -0.3 is 10.6 Å². The van der Waals surface area contributed by atoms with Crippen LogP contribution in [0.3, 0.4) is 0 Å². The SMILES string of the molecule is N#Cc1ccnc(NCCC2CCCNC2)c1. The van der Waals surface area contributed by atoms with Crippen molar-refractivity contribution in [3.63, 3.8) is 0 Å². The predicted octanol–water partition coefficient (Wildman–Crippen LogP) is 1.75. The molecule has 0 saturated carbocycles. The van der Waals surface area contributed by atoms with Crippen molar-refractivity contribution in [1.29, 1.82) is 5.26 Å². The second-order valence-electron chi connectivity index (χ2n) is 4.47. The summed E-state index contributed by atoms with van der Waals surface area (Å²) < 4.78 is 0. The lowest BCUT2D eigenvalue weighted by molar-refractivity contribution is 0.364. The zero-order chi connectivity index (χ0) is 11.9. The number of rotatable bonds is 4. The number of nitriles is 1. The van der Waals surface area contributed by atoms with Crippen LogP contribution in [0.15, 0.2) is 18.3 Å². The Morgan fingerprint density at radius 3 is 3.29 bits per heavy atom. The number of aromatic nitrogens is 1. The largest absolute Gasteiger partial charge is 0.370 e. The van der Waals surface area contributed by atoms with E-state index in [1.165, 1.54) is 12.8 Å². The molecule has 0 radical (unpaired) electrons. The molecule has 1 aliphatic rings. The van der Waals surface area contributed by atoms with Gasteiger partial charge in [-0.1, -0.05) is 0 Å². The van der Waals surface area contributed by atoms with Crippen molar-refractivity contribution < 1.29 is 0 Å². The van der Waals surface area contributed by atoms with E-state index in [0.717, 1.165) is 37.8 Å². The van der Waals surface area contributed by atoms with Gasteiger partial charge >= 0.3 is 0 Å². The summed E-state index contributed by atoms with van der Waals surface area (Å²) in [4.78, 5) is 4.19. The molecule has 90 valence electrons. The Labute approximate surface area is 102 Å². The lowest BCUT2D eigenvalue weighted by Gasteiger charge is -2.22. The number of hydrogen-bond donors (Lipinski definition) is 2. The zero-order valence-electron chi connectivity index (χ0n) is 9.95. The first kappa shape index (κ1) is 11.9. The van der Waals surface area contributed by atoms with Crippen LogP contribution in [0.25, 0.3) is 0 Å². The molecule has 0 amide bonds. The van der Waals surface area contributed by atoms with Crippen LogP contribution in [0.5, 0.6) is 0 Å². The van der Waals surface area contributed by atoms with E-state index in [2.05, 4.69) is 21.7 Å². The molecule has 0 aromatic carbocycles. The highest BCUT2D eigenvalue weighted by atomic mass is 15.0. The van der Waals surface area contributed by atoms with Crippen molar-refractivity contribution in [3.8, 4) is 6.07 Å². The minimum atomic E-state index is 0.654. The molecule has 1 aromatic rings.